The summed E-state index contributed by atoms with van der Waals surface area (Å²) in [6.45, 7) is 2.90. The largest absolute Gasteiger partial charge is 0.0622 e. The summed E-state index contributed by atoms with van der Waals surface area (Å²) < 4.78 is 68.7. The summed E-state index contributed by atoms with van der Waals surface area (Å²) in [6, 6.07) is 43.9. The fourth-order valence-electron chi connectivity index (χ4n) is 5.74. The number of fused-ring (bicyclic) bond motifs is 1. The zero-order chi connectivity index (χ0) is 43.8. The third kappa shape index (κ3) is 17.4. The summed E-state index contributed by atoms with van der Waals surface area (Å²) >= 11 is 0. The minimum Gasteiger partial charge on any atom is -0.0622 e. The molecule has 325 valence electrons. The Kier molecular flexibility index (Phi) is 18.7. The molecule has 7 nitrogen and oxygen atoms in total. The minimum absolute atomic E-state index is 0. The average molecular weight is 1060 g/mol. The van der Waals surface area contributed by atoms with Gasteiger partial charge in [-0.25, -0.2) is 9.59 Å². The number of carbonyl (C=O) groups excluding carboxylic acids is 3. The van der Waals surface area contributed by atoms with Crippen LogP contribution in [0.4, 0.5) is 36.6 Å². The molecular weight excluding hydrogens is 1020 g/mol. The molecule has 5 aromatic carbocycles. The number of hydrogen-bond acceptors (Lipinski definition) is 6. The third-order valence-electron chi connectivity index (χ3n) is 8.38. The molecule has 7 rings (SSSR count). The fraction of sp³-hybridized carbons (Fsp3) is 0.156. The molecule has 1 heterocycles. The maximum absolute atomic E-state index is 12.8. The van der Waals surface area contributed by atoms with Crippen LogP contribution in [0, 0.1) is 32.4 Å². The monoisotopic (exact) mass is 1060 g/mol. The number of halogens is 6. The minimum atomic E-state index is -10.7. The van der Waals surface area contributed by atoms with Gasteiger partial charge < -0.3 is 14.4 Å². The molecular formula is C45H43F6IrN2O5P2-. The first-order valence-electron chi connectivity index (χ1n) is 18.4. The number of benzene rings is 5. The number of nitrogens with zero attached hydrogens (tertiary/aromatic N) is 2. The van der Waals surface area contributed by atoms with Crippen molar-refractivity contribution in [3.8, 4) is 0 Å². The Labute approximate surface area is 367 Å². The normalized spacial score (nSPS) is 14.5. The Bertz CT molecular complexity index is 2030. The van der Waals surface area contributed by atoms with Crippen LogP contribution in [0.15, 0.2) is 133 Å². The molecule has 5 aromatic rings. The van der Waals surface area contributed by atoms with Crippen LogP contribution < -0.4 is 25.7 Å². The molecule has 1 saturated carbocycles. The number of ether oxygens (including phenoxy) is 2. The van der Waals surface area contributed by atoms with Crippen molar-refractivity contribution in [2.45, 2.75) is 25.7 Å². The second kappa shape index (κ2) is 22.5. The molecule has 1 fully saturated rings. The first-order valence-corrected chi connectivity index (χ1v) is 21.8. The summed E-state index contributed by atoms with van der Waals surface area (Å²) in [4.78, 5) is 39.9. The van der Waals surface area contributed by atoms with Crippen molar-refractivity contribution < 1.29 is 69.1 Å². The first kappa shape index (κ1) is 50.8. The van der Waals surface area contributed by atoms with Gasteiger partial charge in [0.2, 0.25) is 6.67 Å². The smallest absolute Gasteiger partial charge is 0 e. The van der Waals surface area contributed by atoms with Crippen LogP contribution in [0.25, 0.3) is 0 Å². The van der Waals surface area contributed by atoms with Crippen molar-refractivity contribution in [3.05, 3.63) is 183 Å². The van der Waals surface area contributed by atoms with Gasteiger partial charge in [-0.15, -0.1) is 0 Å². The zero-order valence-corrected chi connectivity index (χ0v) is 37.5. The number of anilines is 2. The Hall–Kier alpha value is -4.60. The second-order valence-electron chi connectivity index (χ2n) is 12.9. The maximum Gasteiger partial charge on any atom is 0 e. The van der Waals surface area contributed by atoms with Crippen molar-refractivity contribution in [3.63, 3.8) is 0 Å². The number of carbonyl (C=O) groups is 3. The molecule has 0 unspecified atom stereocenters. The van der Waals surface area contributed by atoms with Gasteiger partial charge in [0.25, 0.3) is 5.91 Å². The predicted octanol–water partition coefficient (Wildman–Crippen LogP) is 11.6. The van der Waals surface area contributed by atoms with E-state index in [1.807, 2.05) is 6.07 Å². The van der Waals surface area contributed by atoms with E-state index in [-0.39, 0.29) is 37.1 Å². The van der Waals surface area contributed by atoms with Gasteiger partial charge in [0.05, 0.1) is 36.7 Å². The Morgan fingerprint density at radius 1 is 0.557 bits per heavy atom. The van der Waals surface area contributed by atoms with Crippen LogP contribution >= 0.6 is 15.7 Å². The Morgan fingerprint density at radius 3 is 1.20 bits per heavy atom. The van der Waals surface area contributed by atoms with Crippen LogP contribution in [0.1, 0.15) is 56.8 Å². The third-order valence-corrected chi connectivity index (χ3v) is 10.8. The standard InChI is InChI=1S/C19H16N2O5.C18H15P.C8H12.F6P.Ir/c1-20-11-21(17(22)12-7-5-4-6-8-12)16-10-14(19(24)26-3)13(9-15(16)20)18(23)25-2;1-4-10-16(11-5-1)19(17-12-6-2-7-13-17)18-14-8-3-9-15-18;1-2-4-6-8-7-5-3-1;1-7(2,3,4,5)6;/h4-10H,1-3H3;1-15H;1-2,7-8H,3-6H2;;/q;;;-1;. The van der Waals surface area contributed by atoms with Crippen molar-refractivity contribution in [1.82, 2.24) is 0 Å². The molecule has 1 aliphatic heterocycles. The summed E-state index contributed by atoms with van der Waals surface area (Å²) in [5, 5.41) is 4.19. The van der Waals surface area contributed by atoms with E-state index < -0.39 is 27.7 Å². The quantitative estimate of drug-likeness (QED) is 0.0958. The Morgan fingerprint density at radius 2 is 0.869 bits per heavy atom. The summed E-state index contributed by atoms with van der Waals surface area (Å²) in [5.41, 5.74) is 1.51. The van der Waals surface area contributed by atoms with Gasteiger partial charge in [-0.3, -0.25) is 9.69 Å². The van der Waals surface area contributed by atoms with Crippen LogP contribution in [-0.4, -0.2) is 39.1 Å². The molecule has 0 N–H and O–H groups in total. The Balaban J connectivity index is 0.000000246. The van der Waals surface area contributed by atoms with Crippen molar-refractivity contribution in [2.75, 3.05) is 31.1 Å². The van der Waals surface area contributed by atoms with E-state index in [2.05, 4.69) is 123 Å². The van der Waals surface area contributed by atoms with Crippen LogP contribution in [0.2, 0.25) is 0 Å². The number of amides is 1. The van der Waals surface area contributed by atoms with Gasteiger partial charge in [0.15, 0.2) is 0 Å². The average Bonchev–Trinajstić information content (AvgIpc) is 3.55. The molecule has 1 aliphatic carbocycles. The first-order chi connectivity index (χ1) is 28.4. The van der Waals surface area contributed by atoms with Gasteiger partial charge in [0.1, 0.15) is 0 Å². The summed E-state index contributed by atoms with van der Waals surface area (Å²) in [5.74, 6) is -1.68. The van der Waals surface area contributed by atoms with E-state index >= 15 is 0 Å². The van der Waals surface area contributed by atoms with Gasteiger partial charge in [-0.1, -0.05) is 109 Å². The van der Waals surface area contributed by atoms with E-state index in [9.17, 15) is 39.6 Å². The molecule has 0 aromatic heterocycles. The van der Waals surface area contributed by atoms with E-state index in [4.69, 9.17) is 9.47 Å². The van der Waals surface area contributed by atoms with E-state index in [1.54, 1.807) is 36.2 Å². The molecule has 2 aliphatic rings. The van der Waals surface area contributed by atoms with Gasteiger partial charge in [0, 0.05) is 32.7 Å². The fourth-order valence-corrected chi connectivity index (χ4v) is 8.04. The van der Waals surface area contributed by atoms with Crippen LogP contribution in [-0.2, 0) is 29.6 Å². The summed E-state index contributed by atoms with van der Waals surface area (Å²) in [6.07, 6.45) is 14.0. The molecule has 7 radical (unpaired) electrons. The number of rotatable bonds is 6. The topological polar surface area (TPSA) is 76.2 Å². The molecule has 0 atom stereocenters. The van der Waals surface area contributed by atoms with Crippen molar-refractivity contribution in [1.29, 1.82) is 0 Å². The number of methoxy groups -OCH3 is 2. The van der Waals surface area contributed by atoms with Crippen LogP contribution in [0.3, 0.4) is 0 Å². The van der Waals surface area contributed by atoms with Gasteiger partial charge in [-0.05, 0) is 99.5 Å². The predicted molar refractivity (Wildman–Crippen MR) is 228 cm³/mol. The van der Waals surface area contributed by atoms with Crippen molar-refractivity contribution in [2.24, 2.45) is 0 Å². The SMILES string of the molecule is COC(=O)c1cc2c(cc1C(=O)OC)N(C(=O)c1ccccc1)[C]N2C.F[P-](F)(F)(F)(F)F.[CH]1[CH]CC[CH][CH]CC1.[Ir].c1ccc(P(c2ccccc2)c2ccccc2)cc1. The molecule has 61 heavy (non-hydrogen) atoms. The number of esters is 2. The molecule has 16 heteroatoms. The van der Waals surface area contributed by atoms with Gasteiger partial charge >= 0.3 is 44.9 Å². The second-order valence-corrected chi connectivity index (χ2v) is 17.1. The number of hydrogen-bond donors (Lipinski definition) is 0. The summed E-state index contributed by atoms with van der Waals surface area (Å²) in [7, 11) is -6.97. The maximum atomic E-state index is 12.8. The van der Waals surface area contributed by atoms with E-state index in [0.717, 1.165) is 0 Å². The van der Waals surface area contributed by atoms with Crippen LogP contribution in [0.5, 0.6) is 0 Å². The molecule has 0 bridgehead atoms. The van der Waals surface area contributed by atoms with E-state index in [0.29, 0.717) is 16.9 Å². The molecule has 0 spiro atoms. The molecule has 0 saturated heterocycles. The molecule has 1 amide bonds. The zero-order valence-electron chi connectivity index (χ0n) is 33.3. The van der Waals surface area contributed by atoms with Crippen molar-refractivity contribution >= 4 is 60.9 Å². The van der Waals surface area contributed by atoms with E-state index in [1.165, 1.54) is 72.8 Å². The van der Waals surface area contributed by atoms with Gasteiger partial charge in [-0.2, -0.15) is 0 Å².